The van der Waals surface area contributed by atoms with Crippen molar-refractivity contribution in [1.29, 1.82) is 0 Å². The summed E-state index contributed by atoms with van der Waals surface area (Å²) in [6.07, 6.45) is 4.14. The number of primary amides is 1. The summed E-state index contributed by atoms with van der Waals surface area (Å²) in [4.78, 5) is 37.0. The first-order chi connectivity index (χ1) is 15.5. The summed E-state index contributed by atoms with van der Waals surface area (Å²) in [6, 6.07) is 15.1. The smallest absolute Gasteiger partial charge is 0.249 e. The highest BCUT2D eigenvalue weighted by Gasteiger charge is 2.18. The van der Waals surface area contributed by atoms with Gasteiger partial charge in [0.05, 0.1) is 17.6 Å². The predicted molar refractivity (Wildman–Crippen MR) is 125 cm³/mol. The number of aromatic nitrogens is 2. The summed E-state index contributed by atoms with van der Waals surface area (Å²) < 4.78 is 0. The van der Waals surface area contributed by atoms with Crippen LogP contribution in [0.3, 0.4) is 0 Å². The second kappa shape index (κ2) is 9.70. The Morgan fingerprint density at radius 3 is 2.34 bits per heavy atom. The number of ketones is 1. The zero-order valence-electron chi connectivity index (χ0n) is 18.2. The summed E-state index contributed by atoms with van der Waals surface area (Å²) >= 11 is 0. The van der Waals surface area contributed by atoms with Crippen LogP contribution in [-0.4, -0.2) is 52.7 Å². The van der Waals surface area contributed by atoms with E-state index < -0.39 is 5.91 Å². The minimum absolute atomic E-state index is 0.0686. The number of amides is 1. The Morgan fingerprint density at radius 2 is 1.72 bits per heavy atom. The van der Waals surface area contributed by atoms with Crippen molar-refractivity contribution in [3.8, 4) is 11.3 Å². The maximum Gasteiger partial charge on any atom is 0.249 e. The largest absolute Gasteiger partial charge is 0.368 e. The number of piperazine rings is 1. The van der Waals surface area contributed by atoms with Crippen molar-refractivity contribution in [2.45, 2.75) is 19.9 Å². The number of carbonyl (C=O) groups is 2. The quantitative estimate of drug-likeness (QED) is 0.580. The van der Waals surface area contributed by atoms with E-state index in [1.807, 2.05) is 43.5 Å². The molecule has 1 aromatic carbocycles. The molecule has 2 aromatic heterocycles. The monoisotopic (exact) mass is 429 g/mol. The fourth-order valence-corrected chi connectivity index (χ4v) is 3.94. The average molecular weight is 430 g/mol. The molecule has 1 saturated heterocycles. The van der Waals surface area contributed by atoms with Crippen LogP contribution in [0.15, 0.2) is 60.9 Å². The lowest BCUT2D eigenvalue weighted by molar-refractivity contribution is 0.0980. The van der Waals surface area contributed by atoms with Gasteiger partial charge in [-0.05, 0) is 29.8 Å². The summed E-state index contributed by atoms with van der Waals surface area (Å²) in [5, 5.41) is 0. The van der Waals surface area contributed by atoms with Crippen molar-refractivity contribution in [2.24, 2.45) is 5.73 Å². The molecule has 0 aliphatic carbocycles. The molecule has 0 atom stereocenters. The van der Waals surface area contributed by atoms with E-state index in [0.717, 1.165) is 55.2 Å². The third-order valence-electron chi connectivity index (χ3n) is 5.79. The topological polar surface area (TPSA) is 92.4 Å². The molecule has 1 amide bonds. The summed E-state index contributed by atoms with van der Waals surface area (Å²) in [5.41, 5.74) is 10.2. The van der Waals surface area contributed by atoms with Crippen LogP contribution in [0.25, 0.3) is 11.3 Å². The third kappa shape index (κ3) is 4.84. The number of Topliss-reactive ketones (excluding diaryl/α,β-unsaturated/α-hetero) is 1. The van der Waals surface area contributed by atoms with Gasteiger partial charge in [-0.25, -0.2) is 0 Å². The second-order valence-corrected chi connectivity index (χ2v) is 7.90. The maximum atomic E-state index is 11.8. The van der Waals surface area contributed by atoms with Crippen LogP contribution in [-0.2, 0) is 6.54 Å². The molecule has 1 aliphatic heterocycles. The SMILES string of the molecule is CCC(=O)c1ccc(N2CCN(Cc3ccc(-c4ccccc4C(N)=O)nc3)CC2)cn1. The molecule has 0 spiro atoms. The lowest BCUT2D eigenvalue weighted by atomic mass is 10.0. The normalized spacial score (nSPS) is 14.3. The minimum Gasteiger partial charge on any atom is -0.368 e. The summed E-state index contributed by atoms with van der Waals surface area (Å²) in [5.74, 6) is -0.384. The highest BCUT2D eigenvalue weighted by molar-refractivity contribution is 5.99. The average Bonchev–Trinajstić information content (AvgIpc) is 2.84. The van der Waals surface area contributed by atoms with E-state index >= 15 is 0 Å². The van der Waals surface area contributed by atoms with Crippen molar-refractivity contribution < 1.29 is 9.59 Å². The number of rotatable bonds is 7. The summed E-state index contributed by atoms with van der Waals surface area (Å²) in [7, 11) is 0. The van der Waals surface area contributed by atoms with Crippen LogP contribution in [0, 0.1) is 0 Å². The number of nitrogens with two attached hydrogens (primary N) is 1. The van der Waals surface area contributed by atoms with Crippen LogP contribution in [0.4, 0.5) is 5.69 Å². The van der Waals surface area contributed by atoms with Gasteiger partial charge in [0.2, 0.25) is 5.91 Å². The summed E-state index contributed by atoms with van der Waals surface area (Å²) in [6.45, 7) is 6.34. The van der Waals surface area contributed by atoms with Crippen molar-refractivity contribution >= 4 is 17.4 Å². The highest BCUT2D eigenvalue weighted by atomic mass is 16.1. The Kier molecular flexibility index (Phi) is 6.56. The first-order valence-corrected chi connectivity index (χ1v) is 10.9. The predicted octanol–water partition coefficient (Wildman–Crippen LogP) is 3.16. The lowest BCUT2D eigenvalue weighted by Gasteiger charge is -2.36. The van der Waals surface area contributed by atoms with Gasteiger partial charge in [-0.2, -0.15) is 0 Å². The van der Waals surface area contributed by atoms with Crippen LogP contribution in [0.1, 0.15) is 39.8 Å². The standard InChI is InChI=1S/C25H27N5O2/c1-2-24(31)23-10-8-19(16-28-23)30-13-11-29(12-14-30)17-18-7-9-22(27-15-18)20-5-3-4-6-21(20)25(26)32/h3-10,15-16H,2,11-14,17H2,1H3,(H2,26,32). The number of anilines is 1. The molecule has 164 valence electrons. The van der Waals surface area contributed by atoms with Crippen molar-refractivity contribution in [3.63, 3.8) is 0 Å². The zero-order valence-corrected chi connectivity index (χ0v) is 18.2. The van der Waals surface area contributed by atoms with E-state index in [4.69, 9.17) is 5.73 Å². The molecule has 0 radical (unpaired) electrons. The number of hydrogen-bond acceptors (Lipinski definition) is 6. The number of hydrogen-bond donors (Lipinski definition) is 1. The molecule has 0 bridgehead atoms. The number of nitrogens with zero attached hydrogens (tertiary/aromatic N) is 4. The van der Waals surface area contributed by atoms with Gasteiger partial charge >= 0.3 is 0 Å². The Hall–Kier alpha value is -3.58. The molecule has 1 fully saturated rings. The van der Waals surface area contributed by atoms with Gasteiger partial charge < -0.3 is 10.6 Å². The van der Waals surface area contributed by atoms with Crippen LogP contribution < -0.4 is 10.6 Å². The highest BCUT2D eigenvalue weighted by Crippen LogP contribution is 2.22. The molecule has 2 N–H and O–H groups in total. The van der Waals surface area contributed by atoms with E-state index in [0.29, 0.717) is 17.7 Å². The molecular weight excluding hydrogens is 402 g/mol. The molecule has 0 saturated carbocycles. The zero-order chi connectivity index (χ0) is 22.5. The Morgan fingerprint density at radius 1 is 0.938 bits per heavy atom. The van der Waals surface area contributed by atoms with Crippen molar-refractivity contribution in [1.82, 2.24) is 14.9 Å². The van der Waals surface area contributed by atoms with Gasteiger partial charge in [0, 0.05) is 56.5 Å². The van der Waals surface area contributed by atoms with Crippen molar-refractivity contribution in [2.75, 3.05) is 31.1 Å². The third-order valence-corrected chi connectivity index (χ3v) is 5.79. The Bertz CT molecular complexity index is 1090. The maximum absolute atomic E-state index is 11.8. The number of carbonyl (C=O) groups excluding carboxylic acids is 2. The van der Waals surface area contributed by atoms with E-state index in [1.54, 1.807) is 18.3 Å². The number of benzene rings is 1. The molecule has 7 nitrogen and oxygen atoms in total. The molecule has 1 aliphatic rings. The first-order valence-electron chi connectivity index (χ1n) is 10.9. The van der Waals surface area contributed by atoms with Gasteiger partial charge in [-0.15, -0.1) is 0 Å². The van der Waals surface area contributed by atoms with Gasteiger partial charge in [0.1, 0.15) is 5.69 Å². The van der Waals surface area contributed by atoms with E-state index in [2.05, 4.69) is 25.8 Å². The van der Waals surface area contributed by atoms with E-state index in [9.17, 15) is 9.59 Å². The van der Waals surface area contributed by atoms with Gasteiger partial charge in [0.25, 0.3) is 0 Å². The van der Waals surface area contributed by atoms with Crippen molar-refractivity contribution in [3.05, 3.63) is 77.7 Å². The van der Waals surface area contributed by atoms with Crippen LogP contribution >= 0.6 is 0 Å². The first kappa shape index (κ1) is 21.6. The lowest BCUT2D eigenvalue weighted by Crippen LogP contribution is -2.46. The van der Waals surface area contributed by atoms with Gasteiger partial charge in [0.15, 0.2) is 5.78 Å². The Balaban J connectivity index is 1.35. The van der Waals surface area contributed by atoms with E-state index in [1.165, 1.54) is 0 Å². The van der Waals surface area contributed by atoms with E-state index in [-0.39, 0.29) is 5.78 Å². The van der Waals surface area contributed by atoms with Gasteiger partial charge in [-0.3, -0.25) is 24.5 Å². The number of pyridine rings is 2. The van der Waals surface area contributed by atoms with Crippen LogP contribution in [0.2, 0.25) is 0 Å². The molecule has 4 rings (SSSR count). The fourth-order valence-electron chi connectivity index (χ4n) is 3.94. The minimum atomic E-state index is -0.453. The Labute approximate surface area is 187 Å². The second-order valence-electron chi connectivity index (χ2n) is 7.90. The molecule has 3 heterocycles. The van der Waals surface area contributed by atoms with Gasteiger partial charge in [-0.1, -0.05) is 31.2 Å². The van der Waals surface area contributed by atoms with Crippen LogP contribution in [0.5, 0.6) is 0 Å². The molecule has 0 unspecified atom stereocenters. The fraction of sp³-hybridized carbons (Fsp3) is 0.280. The molecule has 7 heteroatoms. The molecular formula is C25H27N5O2. The molecule has 32 heavy (non-hydrogen) atoms. The molecule has 3 aromatic rings.